The highest BCUT2D eigenvalue weighted by Crippen LogP contribution is 2.50. The number of anilines is 1. The Labute approximate surface area is 278 Å². The van der Waals surface area contributed by atoms with E-state index in [0.717, 1.165) is 49.4 Å². The Bertz CT molecular complexity index is 1610. The lowest BCUT2D eigenvalue weighted by Gasteiger charge is -2.52. The molecule has 1 saturated carbocycles. The second-order valence-electron chi connectivity index (χ2n) is 14.0. The number of sulfonamides is 1. The van der Waals surface area contributed by atoms with Crippen LogP contribution in [0.3, 0.4) is 0 Å². The second-order valence-corrected chi connectivity index (χ2v) is 16.4. The van der Waals surface area contributed by atoms with Gasteiger partial charge in [-0.25, -0.2) is 13.1 Å². The molecule has 2 aliphatic carbocycles. The number of hydrogen-bond acceptors (Lipinski definition) is 7. The quantitative estimate of drug-likeness (QED) is 0.383. The zero-order valence-corrected chi connectivity index (χ0v) is 29.1. The highest BCUT2D eigenvalue weighted by molar-refractivity contribution is 7.90. The molecular weight excluding hydrogens is 624 g/mol. The minimum absolute atomic E-state index is 0.181. The largest absolute Gasteiger partial charge is 0.490 e. The first kappa shape index (κ1) is 33.3. The summed E-state index contributed by atoms with van der Waals surface area (Å²) in [6.45, 7) is 7.53. The standard InChI is InChI=1S/C36H47ClN2O6S/c1-23-8-6-17-36(44-5,25(3)43-4)31-13-10-28(31)20-39-21-35(16-7-9-26-18-29(37)12-14-30(26)35)22-45-33-15-11-27(19-32(33)39)34(40)38-46(41,42)24(23)2/h6,11-12,14-15,17-19,23-25,28,31H,7-10,13,16,20-22H2,1-5H3,(H,38,40)/b17-6-/t23-,24+,25+,28-,31+,35-,36+/m0/s1. The van der Waals surface area contributed by atoms with E-state index in [1.165, 1.54) is 11.1 Å². The normalized spacial score (nSPS) is 33.8. The van der Waals surface area contributed by atoms with Crippen LogP contribution in [0.25, 0.3) is 0 Å². The van der Waals surface area contributed by atoms with Crippen LogP contribution < -0.4 is 14.4 Å². The van der Waals surface area contributed by atoms with Gasteiger partial charge in [-0.3, -0.25) is 4.79 Å². The van der Waals surface area contributed by atoms with E-state index in [9.17, 15) is 13.2 Å². The number of carbonyl (C=O) groups is 1. The van der Waals surface area contributed by atoms with E-state index in [1.54, 1.807) is 33.3 Å². The first-order valence-corrected chi connectivity index (χ1v) is 18.5. The fourth-order valence-corrected chi connectivity index (χ4v) is 9.78. The van der Waals surface area contributed by atoms with Gasteiger partial charge in [0, 0.05) is 43.3 Å². The molecule has 1 fully saturated rings. The number of benzene rings is 2. The van der Waals surface area contributed by atoms with Crippen LogP contribution in [-0.2, 0) is 31.3 Å². The molecule has 1 spiro atoms. The predicted octanol–water partition coefficient (Wildman–Crippen LogP) is 6.30. The van der Waals surface area contributed by atoms with Crippen molar-refractivity contribution in [1.29, 1.82) is 0 Å². The van der Waals surface area contributed by atoms with Crippen molar-refractivity contribution in [1.82, 2.24) is 4.72 Å². The molecule has 10 heteroatoms. The van der Waals surface area contributed by atoms with Crippen molar-refractivity contribution in [2.45, 2.75) is 81.7 Å². The Morgan fingerprint density at radius 2 is 1.93 bits per heavy atom. The Balaban J connectivity index is 1.47. The van der Waals surface area contributed by atoms with Gasteiger partial charge in [-0.2, -0.15) is 0 Å². The molecule has 0 radical (unpaired) electrons. The molecule has 6 rings (SSSR count). The Morgan fingerprint density at radius 3 is 2.65 bits per heavy atom. The van der Waals surface area contributed by atoms with Crippen molar-refractivity contribution in [2.75, 3.05) is 38.8 Å². The molecule has 1 N–H and O–H groups in total. The van der Waals surface area contributed by atoms with Gasteiger partial charge in [-0.1, -0.05) is 36.7 Å². The summed E-state index contributed by atoms with van der Waals surface area (Å²) >= 11 is 6.44. The van der Waals surface area contributed by atoms with E-state index in [1.807, 2.05) is 32.1 Å². The monoisotopic (exact) mass is 670 g/mol. The van der Waals surface area contributed by atoms with Crippen LogP contribution in [0.2, 0.25) is 5.02 Å². The minimum atomic E-state index is -3.95. The van der Waals surface area contributed by atoms with Gasteiger partial charge in [0.25, 0.3) is 5.91 Å². The second kappa shape index (κ2) is 12.8. The average molecular weight is 671 g/mol. The number of carbonyl (C=O) groups excluding carboxylic acids is 1. The van der Waals surface area contributed by atoms with E-state index in [4.69, 9.17) is 25.8 Å². The number of aryl methyl sites for hydroxylation is 1. The predicted molar refractivity (Wildman–Crippen MR) is 181 cm³/mol. The molecular formula is C36H47ClN2O6S. The third-order valence-electron chi connectivity index (χ3n) is 11.5. The molecule has 4 aliphatic rings. The maximum absolute atomic E-state index is 13.5. The molecule has 2 bridgehead atoms. The molecule has 250 valence electrons. The smallest absolute Gasteiger partial charge is 0.264 e. The third-order valence-corrected chi connectivity index (χ3v) is 13.7. The Morgan fingerprint density at radius 1 is 1.13 bits per heavy atom. The van der Waals surface area contributed by atoms with Gasteiger partial charge in [0.05, 0.1) is 23.6 Å². The summed E-state index contributed by atoms with van der Waals surface area (Å²) in [7, 11) is -0.481. The number of fused-ring (bicyclic) bond motifs is 4. The summed E-state index contributed by atoms with van der Waals surface area (Å²) in [5, 5.41) is -0.0517. The van der Waals surface area contributed by atoms with E-state index >= 15 is 0 Å². The van der Waals surface area contributed by atoms with Gasteiger partial charge in [0.1, 0.15) is 11.4 Å². The molecule has 0 unspecified atom stereocenters. The zero-order chi connectivity index (χ0) is 32.9. The lowest BCUT2D eigenvalue weighted by atomic mass is 9.62. The minimum Gasteiger partial charge on any atom is -0.490 e. The Hall–Kier alpha value is -2.59. The topological polar surface area (TPSA) is 94.2 Å². The van der Waals surface area contributed by atoms with Crippen molar-refractivity contribution in [3.8, 4) is 5.75 Å². The number of nitrogens with zero attached hydrogens (tertiary/aromatic N) is 1. The van der Waals surface area contributed by atoms with Crippen molar-refractivity contribution in [3.63, 3.8) is 0 Å². The first-order chi connectivity index (χ1) is 21.9. The molecule has 7 atom stereocenters. The summed E-state index contributed by atoms with van der Waals surface area (Å²) in [4.78, 5) is 15.9. The molecule has 2 aromatic carbocycles. The van der Waals surface area contributed by atoms with Gasteiger partial charge in [0.2, 0.25) is 10.0 Å². The molecule has 0 aromatic heterocycles. The number of hydrogen-bond donors (Lipinski definition) is 1. The third kappa shape index (κ3) is 5.86. The number of rotatable bonds is 3. The summed E-state index contributed by atoms with van der Waals surface area (Å²) < 4.78 is 48.1. The highest BCUT2D eigenvalue weighted by Gasteiger charge is 2.51. The number of halogens is 1. The SMILES string of the molecule is CO[C@H](C)[C@]1(OC)/C=C\C[C@H](C)[C@@H](C)S(=O)(=O)NC(=O)c2ccc3c(c2)N(C[C@@H]2CC[C@H]21)C[C@@]1(CCCc2cc(Cl)ccc21)CO3. The van der Waals surface area contributed by atoms with Crippen LogP contribution in [0.1, 0.15) is 74.4 Å². The maximum atomic E-state index is 13.5. The molecule has 2 aliphatic heterocycles. The zero-order valence-electron chi connectivity index (χ0n) is 27.6. The molecule has 1 amide bonds. The van der Waals surface area contributed by atoms with E-state index < -0.39 is 26.8 Å². The van der Waals surface area contributed by atoms with E-state index in [0.29, 0.717) is 36.8 Å². The first-order valence-electron chi connectivity index (χ1n) is 16.6. The molecule has 8 nitrogen and oxygen atoms in total. The lowest BCUT2D eigenvalue weighted by Crippen LogP contribution is -2.57. The highest BCUT2D eigenvalue weighted by atomic mass is 35.5. The van der Waals surface area contributed by atoms with Crippen LogP contribution in [0.15, 0.2) is 48.6 Å². The lowest BCUT2D eigenvalue weighted by molar-refractivity contribution is -0.146. The van der Waals surface area contributed by atoms with E-state index in [-0.39, 0.29) is 23.4 Å². The fourth-order valence-electron chi connectivity index (χ4n) is 8.30. The number of nitrogens with one attached hydrogen (secondary N) is 1. The number of ether oxygens (including phenoxy) is 3. The van der Waals surface area contributed by atoms with Crippen molar-refractivity contribution in [2.24, 2.45) is 17.8 Å². The van der Waals surface area contributed by atoms with Gasteiger partial charge in [-0.05, 0) is 112 Å². The summed E-state index contributed by atoms with van der Waals surface area (Å²) in [6, 6.07) is 11.5. The summed E-state index contributed by atoms with van der Waals surface area (Å²) in [5.74, 6) is 0.301. The van der Waals surface area contributed by atoms with Crippen molar-refractivity contribution >= 4 is 33.2 Å². The van der Waals surface area contributed by atoms with Crippen LogP contribution in [0.5, 0.6) is 5.75 Å². The van der Waals surface area contributed by atoms with Crippen LogP contribution in [0, 0.1) is 17.8 Å². The number of allylic oxidation sites excluding steroid dienone is 1. The Kier molecular flexibility index (Phi) is 9.26. The van der Waals surface area contributed by atoms with Crippen LogP contribution >= 0.6 is 11.6 Å². The van der Waals surface area contributed by atoms with Gasteiger partial charge in [-0.15, -0.1) is 0 Å². The van der Waals surface area contributed by atoms with Crippen molar-refractivity contribution in [3.05, 3.63) is 70.3 Å². The fraction of sp³-hybridized carbons (Fsp3) is 0.583. The maximum Gasteiger partial charge on any atom is 0.264 e. The summed E-state index contributed by atoms with van der Waals surface area (Å²) in [5.41, 5.74) is 2.67. The molecule has 2 heterocycles. The van der Waals surface area contributed by atoms with Gasteiger partial charge < -0.3 is 19.1 Å². The molecule has 0 saturated heterocycles. The van der Waals surface area contributed by atoms with Gasteiger partial charge in [0.15, 0.2) is 0 Å². The van der Waals surface area contributed by atoms with Crippen LogP contribution in [-0.4, -0.2) is 65.2 Å². The molecule has 46 heavy (non-hydrogen) atoms. The summed E-state index contributed by atoms with van der Waals surface area (Å²) in [6.07, 6.45) is 9.44. The van der Waals surface area contributed by atoms with Crippen LogP contribution in [0.4, 0.5) is 5.69 Å². The average Bonchev–Trinajstić information content (AvgIpc) is 3.17. The number of methoxy groups -OCH3 is 2. The molecule has 2 aromatic rings. The number of amides is 1. The van der Waals surface area contributed by atoms with E-state index in [2.05, 4.69) is 27.8 Å². The van der Waals surface area contributed by atoms with Crippen molar-refractivity contribution < 1.29 is 27.4 Å². The van der Waals surface area contributed by atoms with Gasteiger partial charge >= 0.3 is 0 Å².